The van der Waals surface area contributed by atoms with E-state index in [-0.39, 0.29) is 11.6 Å². The van der Waals surface area contributed by atoms with Gasteiger partial charge in [-0.2, -0.15) is 0 Å². The Bertz CT molecular complexity index is 204. The minimum absolute atomic E-state index is 0.0443. The van der Waals surface area contributed by atoms with E-state index in [1.54, 1.807) is 7.11 Å². The Morgan fingerprint density at radius 2 is 2.00 bits per heavy atom. The van der Waals surface area contributed by atoms with Crippen molar-refractivity contribution in [1.82, 2.24) is 4.90 Å². The Kier molecular flexibility index (Phi) is 5.22. The Balaban J connectivity index is 2.56. The number of nitrogens with two attached hydrogens (primary N) is 1. The van der Waals surface area contributed by atoms with Gasteiger partial charge in [0.15, 0.2) is 0 Å². The van der Waals surface area contributed by atoms with Crippen molar-refractivity contribution in [2.45, 2.75) is 51.2 Å². The van der Waals surface area contributed by atoms with E-state index in [2.05, 4.69) is 25.8 Å². The van der Waals surface area contributed by atoms with Gasteiger partial charge in [0.05, 0.1) is 11.6 Å². The first-order chi connectivity index (χ1) is 7.54. The summed E-state index contributed by atoms with van der Waals surface area (Å²) < 4.78 is 5.47. The number of likely N-dealkylation sites (N-methyl/N-ethyl adjacent to an activating group) is 1. The van der Waals surface area contributed by atoms with E-state index in [4.69, 9.17) is 10.5 Å². The highest BCUT2D eigenvalue weighted by atomic mass is 16.5. The van der Waals surface area contributed by atoms with Gasteiger partial charge >= 0.3 is 0 Å². The van der Waals surface area contributed by atoms with Crippen molar-refractivity contribution in [3.05, 3.63) is 0 Å². The van der Waals surface area contributed by atoms with Gasteiger partial charge in [-0.15, -0.1) is 0 Å². The van der Waals surface area contributed by atoms with Gasteiger partial charge in [0.1, 0.15) is 0 Å². The second-order valence-corrected chi connectivity index (χ2v) is 5.47. The van der Waals surface area contributed by atoms with Gasteiger partial charge in [-0.1, -0.05) is 12.8 Å². The topological polar surface area (TPSA) is 38.5 Å². The van der Waals surface area contributed by atoms with Crippen molar-refractivity contribution in [1.29, 1.82) is 0 Å². The van der Waals surface area contributed by atoms with Crippen LogP contribution in [-0.4, -0.2) is 43.8 Å². The minimum atomic E-state index is -0.0443. The van der Waals surface area contributed by atoms with Crippen LogP contribution in [0.5, 0.6) is 0 Å². The van der Waals surface area contributed by atoms with Crippen molar-refractivity contribution in [2.24, 2.45) is 11.7 Å². The third-order valence-electron chi connectivity index (χ3n) is 4.52. The normalized spacial score (nSPS) is 23.6. The summed E-state index contributed by atoms with van der Waals surface area (Å²) in [6.07, 6.45) is 5.73. The summed E-state index contributed by atoms with van der Waals surface area (Å²) in [6.45, 7) is 6.11. The molecule has 0 bridgehead atoms. The van der Waals surface area contributed by atoms with Crippen molar-refractivity contribution in [2.75, 3.05) is 27.2 Å². The molecule has 1 aliphatic carbocycles. The lowest BCUT2D eigenvalue weighted by Crippen LogP contribution is -2.58. The zero-order chi connectivity index (χ0) is 12.2. The molecule has 3 nitrogen and oxygen atoms in total. The monoisotopic (exact) mass is 228 g/mol. The van der Waals surface area contributed by atoms with Crippen LogP contribution in [0.1, 0.15) is 39.5 Å². The van der Waals surface area contributed by atoms with Gasteiger partial charge in [-0.25, -0.2) is 0 Å². The lowest BCUT2D eigenvalue weighted by atomic mass is 9.92. The Hall–Kier alpha value is -0.120. The summed E-state index contributed by atoms with van der Waals surface area (Å²) in [7, 11) is 3.95. The molecule has 0 amide bonds. The fourth-order valence-corrected chi connectivity index (χ4v) is 2.67. The van der Waals surface area contributed by atoms with Crippen LogP contribution in [-0.2, 0) is 4.74 Å². The van der Waals surface area contributed by atoms with Crippen LogP contribution in [0.2, 0.25) is 0 Å². The van der Waals surface area contributed by atoms with E-state index < -0.39 is 0 Å². The molecule has 0 heterocycles. The van der Waals surface area contributed by atoms with Gasteiger partial charge in [0, 0.05) is 20.2 Å². The van der Waals surface area contributed by atoms with E-state index in [9.17, 15) is 0 Å². The number of methoxy groups -OCH3 is 1. The van der Waals surface area contributed by atoms with Crippen LogP contribution in [0.25, 0.3) is 0 Å². The maximum absolute atomic E-state index is 5.94. The molecule has 0 aromatic rings. The lowest BCUT2D eigenvalue weighted by molar-refractivity contribution is -0.0247. The second kappa shape index (κ2) is 5.99. The summed E-state index contributed by atoms with van der Waals surface area (Å²) in [4.78, 5) is 2.40. The van der Waals surface area contributed by atoms with Crippen molar-refractivity contribution < 1.29 is 4.74 Å². The molecule has 2 unspecified atom stereocenters. The molecule has 96 valence electrons. The fourth-order valence-electron chi connectivity index (χ4n) is 2.67. The first kappa shape index (κ1) is 13.9. The predicted molar refractivity (Wildman–Crippen MR) is 68.5 cm³/mol. The van der Waals surface area contributed by atoms with Crippen LogP contribution >= 0.6 is 0 Å². The van der Waals surface area contributed by atoms with Crippen LogP contribution < -0.4 is 5.73 Å². The molecule has 2 N–H and O–H groups in total. The molecule has 3 heteroatoms. The van der Waals surface area contributed by atoms with Crippen LogP contribution in [0.3, 0.4) is 0 Å². The number of ether oxygens (including phenoxy) is 1. The minimum Gasteiger partial charge on any atom is -0.380 e. The SMILES string of the molecule is COC(C)C(C)(CN)N(C)CC1CCCC1. The fraction of sp³-hybridized carbons (Fsp3) is 1.00. The second-order valence-electron chi connectivity index (χ2n) is 5.47. The van der Waals surface area contributed by atoms with E-state index in [1.165, 1.54) is 25.7 Å². The average molecular weight is 228 g/mol. The van der Waals surface area contributed by atoms with Gasteiger partial charge in [-0.05, 0) is 39.7 Å². The average Bonchev–Trinajstić information content (AvgIpc) is 2.79. The molecule has 0 aromatic carbocycles. The molecule has 1 rings (SSSR count). The number of hydrogen-bond acceptors (Lipinski definition) is 3. The molecule has 16 heavy (non-hydrogen) atoms. The molecule has 1 fully saturated rings. The summed E-state index contributed by atoms with van der Waals surface area (Å²) in [5.41, 5.74) is 5.89. The van der Waals surface area contributed by atoms with Crippen LogP contribution in [0.15, 0.2) is 0 Å². The largest absolute Gasteiger partial charge is 0.380 e. The molecule has 0 spiro atoms. The molecule has 0 saturated heterocycles. The number of nitrogens with zero attached hydrogens (tertiary/aromatic N) is 1. The Morgan fingerprint density at radius 1 is 1.44 bits per heavy atom. The van der Waals surface area contributed by atoms with Gasteiger partial charge in [0.25, 0.3) is 0 Å². The Labute approximate surface area is 100 Å². The van der Waals surface area contributed by atoms with E-state index in [0.29, 0.717) is 6.54 Å². The van der Waals surface area contributed by atoms with Crippen LogP contribution in [0.4, 0.5) is 0 Å². The molecule has 0 aliphatic heterocycles. The lowest BCUT2D eigenvalue weighted by Gasteiger charge is -2.43. The zero-order valence-corrected chi connectivity index (χ0v) is 11.3. The molecule has 0 aromatic heterocycles. The smallest absolute Gasteiger partial charge is 0.0736 e. The van der Waals surface area contributed by atoms with Gasteiger partial charge in [0.2, 0.25) is 0 Å². The molecule has 0 radical (unpaired) electrons. The quantitative estimate of drug-likeness (QED) is 0.754. The third-order valence-corrected chi connectivity index (χ3v) is 4.52. The molecular formula is C13H28N2O. The van der Waals surface area contributed by atoms with E-state index >= 15 is 0 Å². The molecule has 2 atom stereocenters. The maximum Gasteiger partial charge on any atom is 0.0736 e. The predicted octanol–water partition coefficient (Wildman–Crippen LogP) is 1.86. The first-order valence-electron chi connectivity index (χ1n) is 6.48. The van der Waals surface area contributed by atoms with Gasteiger partial charge < -0.3 is 10.5 Å². The molecule has 1 saturated carbocycles. The Morgan fingerprint density at radius 3 is 2.44 bits per heavy atom. The van der Waals surface area contributed by atoms with Gasteiger partial charge in [-0.3, -0.25) is 4.90 Å². The maximum atomic E-state index is 5.94. The van der Waals surface area contributed by atoms with E-state index in [0.717, 1.165) is 12.5 Å². The van der Waals surface area contributed by atoms with E-state index in [1.807, 2.05) is 0 Å². The van der Waals surface area contributed by atoms with Crippen LogP contribution in [0, 0.1) is 5.92 Å². The molecule has 1 aliphatic rings. The summed E-state index contributed by atoms with van der Waals surface area (Å²) in [6, 6.07) is 0. The van der Waals surface area contributed by atoms with Crippen molar-refractivity contribution in [3.8, 4) is 0 Å². The highest BCUT2D eigenvalue weighted by Crippen LogP contribution is 2.28. The number of rotatable bonds is 6. The zero-order valence-electron chi connectivity index (χ0n) is 11.3. The van der Waals surface area contributed by atoms with Crippen molar-refractivity contribution in [3.63, 3.8) is 0 Å². The highest BCUT2D eigenvalue weighted by molar-refractivity contribution is 4.92. The highest BCUT2D eigenvalue weighted by Gasteiger charge is 2.35. The standard InChI is InChI=1S/C13H28N2O/c1-11(16-4)13(2,10-14)15(3)9-12-7-5-6-8-12/h11-12H,5-10,14H2,1-4H3. The summed E-state index contributed by atoms with van der Waals surface area (Å²) in [5, 5.41) is 0. The molecular weight excluding hydrogens is 200 g/mol. The summed E-state index contributed by atoms with van der Waals surface area (Å²) >= 11 is 0. The third kappa shape index (κ3) is 2.96. The number of hydrogen-bond donors (Lipinski definition) is 1. The van der Waals surface area contributed by atoms with Crippen molar-refractivity contribution >= 4 is 0 Å². The first-order valence-corrected chi connectivity index (χ1v) is 6.48. The summed E-state index contributed by atoms with van der Waals surface area (Å²) in [5.74, 6) is 0.861.